The van der Waals surface area contributed by atoms with Crippen molar-refractivity contribution in [3.05, 3.63) is 11.6 Å². The van der Waals surface area contributed by atoms with Gasteiger partial charge in [-0.25, -0.2) is 0 Å². The molecule has 0 N–H and O–H groups in total. The lowest BCUT2D eigenvalue weighted by atomic mass is 9.93. The molecule has 1 fully saturated rings. The van der Waals surface area contributed by atoms with Crippen LogP contribution in [0.1, 0.15) is 90.4 Å². The van der Waals surface area contributed by atoms with Gasteiger partial charge in [-0.1, -0.05) is 69.9 Å². The first kappa shape index (κ1) is 14.2. The van der Waals surface area contributed by atoms with E-state index in [1.54, 1.807) is 5.57 Å². The molecule has 0 spiro atoms. The first-order valence-electron chi connectivity index (χ1n) is 8.58. The van der Waals surface area contributed by atoms with Crippen molar-refractivity contribution in [2.45, 2.75) is 90.4 Å². The molecule has 104 valence electrons. The molecule has 0 bridgehead atoms. The van der Waals surface area contributed by atoms with E-state index in [2.05, 4.69) is 13.0 Å². The fraction of sp³-hybridized carbons (Fsp3) is 0.889. The molecule has 0 heteroatoms. The van der Waals surface area contributed by atoms with Crippen LogP contribution in [-0.2, 0) is 0 Å². The van der Waals surface area contributed by atoms with Gasteiger partial charge in [0.1, 0.15) is 0 Å². The quantitative estimate of drug-likeness (QED) is 0.295. The van der Waals surface area contributed by atoms with Crippen LogP contribution in [0.4, 0.5) is 0 Å². The van der Waals surface area contributed by atoms with E-state index in [1.165, 1.54) is 83.5 Å². The highest BCUT2D eigenvalue weighted by Crippen LogP contribution is 2.31. The van der Waals surface area contributed by atoms with Crippen molar-refractivity contribution >= 4 is 0 Å². The summed E-state index contributed by atoms with van der Waals surface area (Å²) in [7, 11) is 0. The summed E-state index contributed by atoms with van der Waals surface area (Å²) in [5.74, 6) is 2.00. The maximum absolute atomic E-state index is 2.59. The van der Waals surface area contributed by atoms with E-state index in [0.717, 1.165) is 11.8 Å². The monoisotopic (exact) mass is 248 g/mol. The van der Waals surface area contributed by atoms with Crippen LogP contribution in [0.2, 0.25) is 0 Å². The third kappa shape index (κ3) is 4.78. The van der Waals surface area contributed by atoms with E-state index >= 15 is 0 Å². The van der Waals surface area contributed by atoms with Crippen molar-refractivity contribution in [3.63, 3.8) is 0 Å². The second-order valence-electron chi connectivity index (χ2n) is 6.64. The molecule has 0 aromatic heterocycles. The molecule has 0 aromatic rings. The first-order chi connectivity index (χ1) is 8.88. The minimum atomic E-state index is 0.918. The molecule has 18 heavy (non-hydrogen) atoms. The molecule has 0 heterocycles. The number of hydrogen-bond donors (Lipinski definition) is 0. The number of hydrogen-bond acceptors (Lipinski definition) is 0. The van der Waals surface area contributed by atoms with Gasteiger partial charge in [-0.3, -0.25) is 0 Å². The van der Waals surface area contributed by atoms with Crippen LogP contribution >= 0.6 is 0 Å². The largest absolute Gasteiger partial charge is 0.0822 e. The smallest absolute Gasteiger partial charge is 0.0230 e. The van der Waals surface area contributed by atoms with Crippen LogP contribution in [-0.4, -0.2) is 0 Å². The molecule has 2 rings (SSSR count). The normalized spacial score (nSPS) is 26.1. The minimum absolute atomic E-state index is 0.918. The Bertz CT molecular complexity index is 243. The van der Waals surface area contributed by atoms with Crippen LogP contribution in [0.15, 0.2) is 11.6 Å². The van der Waals surface area contributed by atoms with Gasteiger partial charge in [0.25, 0.3) is 0 Å². The second-order valence-corrected chi connectivity index (χ2v) is 6.64. The average molecular weight is 248 g/mol. The lowest BCUT2D eigenvalue weighted by Gasteiger charge is -2.13. The van der Waals surface area contributed by atoms with Gasteiger partial charge in [-0.2, -0.15) is 0 Å². The van der Waals surface area contributed by atoms with E-state index in [1.807, 2.05) is 0 Å². The van der Waals surface area contributed by atoms with Crippen LogP contribution < -0.4 is 0 Å². The Morgan fingerprint density at radius 2 is 1.78 bits per heavy atom. The van der Waals surface area contributed by atoms with Crippen molar-refractivity contribution in [3.8, 4) is 0 Å². The summed E-state index contributed by atoms with van der Waals surface area (Å²) in [6.07, 6.45) is 21.7. The van der Waals surface area contributed by atoms with Gasteiger partial charge in [0.2, 0.25) is 0 Å². The van der Waals surface area contributed by atoms with Gasteiger partial charge in [0.15, 0.2) is 0 Å². The van der Waals surface area contributed by atoms with Gasteiger partial charge in [0, 0.05) is 0 Å². The Hall–Kier alpha value is -0.260. The fourth-order valence-corrected chi connectivity index (χ4v) is 3.84. The molecule has 2 aliphatic carbocycles. The molecular formula is C18H32. The lowest BCUT2D eigenvalue weighted by Crippen LogP contribution is -1.98. The Morgan fingerprint density at radius 1 is 1.00 bits per heavy atom. The van der Waals surface area contributed by atoms with Gasteiger partial charge in [0.05, 0.1) is 0 Å². The summed E-state index contributed by atoms with van der Waals surface area (Å²) in [5, 5.41) is 0. The van der Waals surface area contributed by atoms with Crippen LogP contribution in [0.25, 0.3) is 0 Å². The zero-order valence-electron chi connectivity index (χ0n) is 12.4. The summed E-state index contributed by atoms with van der Waals surface area (Å²) in [4.78, 5) is 0. The van der Waals surface area contributed by atoms with Crippen molar-refractivity contribution in [1.82, 2.24) is 0 Å². The number of unbranched alkanes of at least 4 members (excludes halogenated alkanes) is 1. The zero-order chi connectivity index (χ0) is 12.6. The van der Waals surface area contributed by atoms with Gasteiger partial charge in [-0.05, 0) is 43.9 Å². The topological polar surface area (TPSA) is 0 Å². The summed E-state index contributed by atoms with van der Waals surface area (Å²) in [6, 6.07) is 0. The van der Waals surface area contributed by atoms with E-state index in [-0.39, 0.29) is 0 Å². The van der Waals surface area contributed by atoms with Crippen molar-refractivity contribution in [2.24, 2.45) is 11.8 Å². The molecule has 0 aromatic carbocycles. The average Bonchev–Trinajstić information content (AvgIpc) is 2.70. The summed E-state index contributed by atoms with van der Waals surface area (Å²) < 4.78 is 0. The molecule has 1 atom stereocenters. The first-order valence-corrected chi connectivity index (χ1v) is 8.58. The lowest BCUT2D eigenvalue weighted by molar-refractivity contribution is 0.409. The summed E-state index contributed by atoms with van der Waals surface area (Å²) >= 11 is 0. The molecule has 1 saturated carbocycles. The van der Waals surface area contributed by atoms with Crippen molar-refractivity contribution in [1.29, 1.82) is 0 Å². The van der Waals surface area contributed by atoms with E-state index in [4.69, 9.17) is 0 Å². The Kier molecular flexibility index (Phi) is 6.31. The van der Waals surface area contributed by atoms with E-state index < -0.39 is 0 Å². The summed E-state index contributed by atoms with van der Waals surface area (Å²) in [5.41, 5.74) is 1.78. The SMILES string of the molecule is CCC1C=C(CCCCC2CCCCCC2)CC1. The highest BCUT2D eigenvalue weighted by Gasteiger charge is 2.14. The minimum Gasteiger partial charge on any atom is -0.0822 e. The van der Waals surface area contributed by atoms with Crippen LogP contribution in [0, 0.1) is 11.8 Å². The standard InChI is InChI=1S/C18H32/c1-2-16-13-14-18(15-16)12-8-7-11-17-9-5-3-4-6-10-17/h15-17H,2-14H2,1H3. The molecule has 0 nitrogen and oxygen atoms in total. The van der Waals surface area contributed by atoms with Crippen LogP contribution in [0.3, 0.4) is 0 Å². The molecule has 0 saturated heterocycles. The van der Waals surface area contributed by atoms with Crippen LogP contribution in [0.5, 0.6) is 0 Å². The predicted molar refractivity (Wildman–Crippen MR) is 80.8 cm³/mol. The van der Waals surface area contributed by atoms with Crippen molar-refractivity contribution < 1.29 is 0 Å². The maximum Gasteiger partial charge on any atom is -0.0230 e. The van der Waals surface area contributed by atoms with Gasteiger partial charge < -0.3 is 0 Å². The molecule has 0 amide bonds. The van der Waals surface area contributed by atoms with Gasteiger partial charge in [-0.15, -0.1) is 0 Å². The maximum atomic E-state index is 2.59. The van der Waals surface area contributed by atoms with E-state index in [0.29, 0.717) is 0 Å². The third-order valence-electron chi connectivity index (χ3n) is 5.17. The highest BCUT2D eigenvalue weighted by molar-refractivity contribution is 5.10. The molecular weight excluding hydrogens is 216 g/mol. The fourth-order valence-electron chi connectivity index (χ4n) is 3.84. The number of allylic oxidation sites excluding steroid dienone is 2. The number of rotatable bonds is 6. The van der Waals surface area contributed by atoms with Crippen molar-refractivity contribution in [2.75, 3.05) is 0 Å². The summed E-state index contributed by atoms with van der Waals surface area (Å²) in [6.45, 7) is 2.33. The third-order valence-corrected chi connectivity index (χ3v) is 5.17. The molecule has 0 radical (unpaired) electrons. The predicted octanol–water partition coefficient (Wildman–Crippen LogP) is 6.26. The highest BCUT2D eigenvalue weighted by atomic mass is 14.2. The zero-order valence-corrected chi connectivity index (χ0v) is 12.4. The Morgan fingerprint density at radius 3 is 2.44 bits per heavy atom. The molecule has 0 aliphatic heterocycles. The van der Waals surface area contributed by atoms with Gasteiger partial charge >= 0.3 is 0 Å². The van der Waals surface area contributed by atoms with E-state index in [9.17, 15) is 0 Å². The molecule has 2 aliphatic rings. The Labute approximate surface area is 114 Å². The second kappa shape index (κ2) is 8.02. The Balaban J connectivity index is 1.55. The molecule has 1 unspecified atom stereocenters.